The number of hydrogen-bond acceptors (Lipinski definition) is 2. The molecule has 24 heavy (non-hydrogen) atoms. The Hall–Kier alpha value is -0.530. The number of carbonyl (C=O) groups excluding carboxylic acids is 1. The number of piperidine rings is 1. The van der Waals surface area contributed by atoms with Crippen LogP contribution in [0.2, 0.25) is 0 Å². The third-order valence-electron chi connectivity index (χ3n) is 5.98. The zero-order chi connectivity index (χ0) is 17.3. The van der Waals surface area contributed by atoms with Crippen molar-refractivity contribution in [3.05, 3.63) is 0 Å². The maximum Gasteiger partial charge on any atom is 0.224 e. The van der Waals surface area contributed by atoms with E-state index >= 15 is 0 Å². The first-order valence-electron chi connectivity index (χ1n) is 8.95. The van der Waals surface area contributed by atoms with Gasteiger partial charge in [-0.2, -0.15) is 0 Å². The molecular weight excluding hydrogens is 415 g/mol. The van der Waals surface area contributed by atoms with Gasteiger partial charge in [0.05, 0.1) is 0 Å². The first-order chi connectivity index (χ1) is 10.7. The predicted octanol–water partition coefficient (Wildman–Crippen LogP) is 2.95. The smallest absolute Gasteiger partial charge is 0.224 e. The molecule has 1 unspecified atom stereocenters. The zero-order valence-electron chi connectivity index (χ0n) is 16.2. The molecule has 0 spiro atoms. The second-order valence-electron chi connectivity index (χ2n) is 8.34. The highest BCUT2D eigenvalue weighted by Crippen LogP contribution is 2.46. The third kappa shape index (κ3) is 4.35. The van der Waals surface area contributed by atoms with E-state index in [0.717, 1.165) is 32.0 Å². The molecule has 1 amide bonds. The van der Waals surface area contributed by atoms with E-state index in [1.54, 1.807) is 0 Å². The molecule has 0 aliphatic carbocycles. The number of guanidine groups is 1. The molecule has 2 rings (SSSR count). The number of amides is 1. The summed E-state index contributed by atoms with van der Waals surface area (Å²) in [5, 5.41) is 3.37. The quantitative estimate of drug-likeness (QED) is 0.409. The maximum atomic E-state index is 12.3. The van der Waals surface area contributed by atoms with Gasteiger partial charge in [0.2, 0.25) is 5.91 Å². The Labute approximate surface area is 164 Å². The van der Waals surface area contributed by atoms with Crippen LogP contribution in [-0.4, -0.2) is 60.4 Å². The number of nitrogens with zero attached hydrogens (tertiary/aromatic N) is 3. The Kier molecular flexibility index (Phi) is 7.38. The van der Waals surface area contributed by atoms with Crippen molar-refractivity contribution in [3.8, 4) is 0 Å². The summed E-state index contributed by atoms with van der Waals surface area (Å²) in [6.45, 7) is 14.8. The molecule has 1 atom stereocenters. The van der Waals surface area contributed by atoms with Gasteiger partial charge >= 0.3 is 0 Å². The van der Waals surface area contributed by atoms with Crippen LogP contribution < -0.4 is 5.32 Å². The first kappa shape index (κ1) is 21.5. The van der Waals surface area contributed by atoms with E-state index in [-0.39, 0.29) is 40.8 Å². The molecule has 6 heteroatoms. The molecule has 0 aromatic rings. The first-order valence-corrected chi connectivity index (χ1v) is 8.95. The van der Waals surface area contributed by atoms with E-state index < -0.39 is 0 Å². The molecule has 1 N–H and O–H groups in total. The van der Waals surface area contributed by atoms with Gasteiger partial charge in [0.1, 0.15) is 0 Å². The normalized spacial score (nSPS) is 25.6. The molecule has 0 bridgehead atoms. The van der Waals surface area contributed by atoms with Crippen molar-refractivity contribution in [3.63, 3.8) is 0 Å². The van der Waals surface area contributed by atoms with Crippen molar-refractivity contribution < 1.29 is 4.79 Å². The van der Waals surface area contributed by atoms with Crippen molar-refractivity contribution in [2.45, 2.75) is 59.4 Å². The van der Waals surface area contributed by atoms with E-state index in [0.29, 0.717) is 18.9 Å². The van der Waals surface area contributed by atoms with Gasteiger partial charge in [-0.25, -0.2) is 0 Å². The number of halogens is 1. The third-order valence-corrected chi connectivity index (χ3v) is 5.98. The summed E-state index contributed by atoms with van der Waals surface area (Å²) in [6.07, 6.45) is 2.93. The molecule has 0 aromatic carbocycles. The Morgan fingerprint density at radius 3 is 2.46 bits per heavy atom. The van der Waals surface area contributed by atoms with Crippen LogP contribution in [0.25, 0.3) is 0 Å². The highest BCUT2D eigenvalue weighted by atomic mass is 127. The van der Waals surface area contributed by atoms with Crippen molar-refractivity contribution in [2.24, 2.45) is 16.3 Å². The van der Waals surface area contributed by atoms with E-state index in [9.17, 15) is 4.79 Å². The van der Waals surface area contributed by atoms with Crippen LogP contribution in [0.5, 0.6) is 0 Å². The van der Waals surface area contributed by atoms with Crippen LogP contribution in [0.15, 0.2) is 4.99 Å². The maximum absolute atomic E-state index is 12.3. The van der Waals surface area contributed by atoms with Crippen molar-refractivity contribution in [1.29, 1.82) is 0 Å². The van der Waals surface area contributed by atoms with Crippen LogP contribution in [0.4, 0.5) is 0 Å². The average molecular weight is 450 g/mol. The molecule has 2 saturated heterocycles. The molecule has 2 fully saturated rings. The monoisotopic (exact) mass is 450 g/mol. The van der Waals surface area contributed by atoms with Gasteiger partial charge in [-0.3, -0.25) is 9.79 Å². The molecule has 0 saturated carbocycles. The predicted molar refractivity (Wildman–Crippen MR) is 111 cm³/mol. The van der Waals surface area contributed by atoms with E-state index in [1.165, 1.54) is 6.42 Å². The van der Waals surface area contributed by atoms with Gasteiger partial charge in [-0.1, -0.05) is 20.8 Å². The Bertz CT molecular complexity index is 476. The number of rotatable bonds is 3. The minimum Gasteiger partial charge on any atom is -0.356 e. The molecule has 2 aliphatic rings. The summed E-state index contributed by atoms with van der Waals surface area (Å²) in [5.41, 5.74) is 0.367. The fourth-order valence-electron chi connectivity index (χ4n) is 3.55. The lowest BCUT2D eigenvalue weighted by atomic mass is 9.65. The van der Waals surface area contributed by atoms with Gasteiger partial charge < -0.3 is 15.1 Å². The summed E-state index contributed by atoms with van der Waals surface area (Å²) in [6, 6.07) is 0. The number of hydrogen-bond donors (Lipinski definition) is 1. The highest BCUT2D eigenvalue weighted by Gasteiger charge is 2.53. The number of nitrogens with one attached hydrogen (secondary N) is 1. The van der Waals surface area contributed by atoms with E-state index in [2.05, 4.69) is 49.8 Å². The Morgan fingerprint density at radius 2 is 1.96 bits per heavy atom. The topological polar surface area (TPSA) is 47.9 Å². The Balaban J connectivity index is 0.00000288. The molecule has 0 aromatic heterocycles. The van der Waals surface area contributed by atoms with E-state index in [1.807, 2.05) is 11.9 Å². The van der Waals surface area contributed by atoms with Gasteiger partial charge in [0.25, 0.3) is 0 Å². The fourth-order valence-corrected chi connectivity index (χ4v) is 3.55. The van der Waals surface area contributed by atoms with Crippen LogP contribution in [0, 0.1) is 11.3 Å². The largest absolute Gasteiger partial charge is 0.356 e. The lowest BCUT2D eigenvalue weighted by Gasteiger charge is -2.62. The second-order valence-corrected chi connectivity index (χ2v) is 8.34. The van der Waals surface area contributed by atoms with Gasteiger partial charge in [0, 0.05) is 50.6 Å². The molecular formula is C18H35IN4O. The van der Waals surface area contributed by atoms with Gasteiger partial charge in [-0.05, 0) is 32.6 Å². The van der Waals surface area contributed by atoms with Crippen LogP contribution in [0.3, 0.4) is 0 Å². The number of carbonyl (C=O) groups is 1. The lowest BCUT2D eigenvalue weighted by molar-refractivity contribution is -0.132. The zero-order valence-corrected chi connectivity index (χ0v) is 18.5. The summed E-state index contributed by atoms with van der Waals surface area (Å²) in [7, 11) is 1.82. The van der Waals surface area contributed by atoms with Crippen LogP contribution in [-0.2, 0) is 4.79 Å². The SMILES string of the molecule is CN=C(NCCC(=O)N1CCCC(C)C1)N1CC(C)(C)C1(C)C.I. The summed E-state index contributed by atoms with van der Waals surface area (Å²) < 4.78 is 0. The van der Waals surface area contributed by atoms with Gasteiger partial charge in [0.15, 0.2) is 5.96 Å². The molecule has 2 aliphatic heterocycles. The van der Waals surface area contributed by atoms with Gasteiger partial charge in [-0.15, -0.1) is 24.0 Å². The summed E-state index contributed by atoms with van der Waals surface area (Å²) in [5.74, 6) is 1.81. The standard InChI is InChI=1S/C18H34N4O.HI/c1-14-8-7-11-21(12-14)15(23)9-10-20-16(19-6)22-13-17(2,3)18(22,4)5;/h14H,7-13H2,1-6H3,(H,19,20);1H. The molecule has 2 heterocycles. The lowest BCUT2D eigenvalue weighted by Crippen LogP contribution is -2.72. The average Bonchev–Trinajstić information content (AvgIpc) is 2.49. The van der Waals surface area contributed by atoms with Crippen LogP contribution in [0.1, 0.15) is 53.9 Å². The molecule has 140 valence electrons. The number of likely N-dealkylation sites (tertiary alicyclic amines) is 2. The van der Waals surface area contributed by atoms with Crippen molar-refractivity contribution in [1.82, 2.24) is 15.1 Å². The second kappa shape index (κ2) is 8.23. The minimum atomic E-state index is 0. The summed E-state index contributed by atoms with van der Waals surface area (Å²) in [4.78, 5) is 21.1. The van der Waals surface area contributed by atoms with Crippen molar-refractivity contribution >= 4 is 35.8 Å². The number of aliphatic imine (C=N–C) groups is 1. The molecule has 5 nitrogen and oxygen atoms in total. The van der Waals surface area contributed by atoms with Crippen molar-refractivity contribution in [2.75, 3.05) is 33.2 Å². The fraction of sp³-hybridized carbons (Fsp3) is 0.889. The minimum absolute atomic E-state index is 0. The highest BCUT2D eigenvalue weighted by molar-refractivity contribution is 14.0. The van der Waals surface area contributed by atoms with E-state index in [4.69, 9.17) is 0 Å². The molecule has 0 radical (unpaired) electrons. The summed E-state index contributed by atoms with van der Waals surface area (Å²) >= 11 is 0. The Morgan fingerprint density at radius 1 is 1.29 bits per heavy atom. The van der Waals surface area contributed by atoms with Crippen LogP contribution >= 0.6 is 24.0 Å².